The van der Waals surface area contributed by atoms with Gasteiger partial charge in [0.25, 0.3) is 5.91 Å². The fourth-order valence-corrected chi connectivity index (χ4v) is 3.21. The highest BCUT2D eigenvalue weighted by atomic mass is 35.5. The van der Waals surface area contributed by atoms with Crippen LogP contribution in [0.3, 0.4) is 0 Å². The molecular weight excluding hydrogens is 364 g/mol. The fourth-order valence-electron chi connectivity index (χ4n) is 3.02. The molecule has 2 aromatic carbocycles. The van der Waals surface area contributed by atoms with Gasteiger partial charge in [-0.2, -0.15) is 0 Å². The quantitative estimate of drug-likeness (QED) is 0.712. The van der Waals surface area contributed by atoms with Crippen molar-refractivity contribution < 1.29 is 4.79 Å². The predicted molar refractivity (Wildman–Crippen MR) is 104 cm³/mol. The van der Waals surface area contributed by atoms with E-state index in [2.05, 4.69) is 10.4 Å². The highest BCUT2D eigenvalue weighted by molar-refractivity contribution is 6.30. The highest BCUT2D eigenvalue weighted by Gasteiger charge is 2.30. The minimum atomic E-state index is -0.226. The van der Waals surface area contributed by atoms with Crippen molar-refractivity contribution in [2.24, 2.45) is 0 Å². The van der Waals surface area contributed by atoms with Crippen molar-refractivity contribution in [2.45, 2.75) is 25.4 Å². The van der Waals surface area contributed by atoms with Gasteiger partial charge >= 0.3 is 5.69 Å². The molecule has 1 aliphatic rings. The van der Waals surface area contributed by atoms with Crippen LogP contribution in [0.5, 0.6) is 0 Å². The third kappa shape index (κ3) is 3.80. The smallest absolute Gasteiger partial charge is 0.346 e. The largest absolute Gasteiger partial charge is 0.350 e. The summed E-state index contributed by atoms with van der Waals surface area (Å²) < 4.78 is 3.20. The average molecular weight is 383 g/mol. The van der Waals surface area contributed by atoms with Gasteiger partial charge in [0, 0.05) is 28.7 Å². The van der Waals surface area contributed by atoms with Gasteiger partial charge in [0.2, 0.25) is 0 Å². The summed E-state index contributed by atoms with van der Waals surface area (Å²) in [6, 6.07) is 16.7. The molecule has 0 spiro atoms. The zero-order chi connectivity index (χ0) is 18.8. The second-order valence-corrected chi connectivity index (χ2v) is 7.00. The first-order chi connectivity index (χ1) is 13.1. The van der Waals surface area contributed by atoms with Gasteiger partial charge in [-0.3, -0.25) is 9.36 Å². The molecule has 0 aliphatic heterocycles. The first kappa shape index (κ1) is 17.5. The number of amides is 1. The lowest BCUT2D eigenvalue weighted by molar-refractivity contribution is 0.0951. The summed E-state index contributed by atoms with van der Waals surface area (Å²) in [6.07, 6.45) is 1.99. The number of hydrogen-bond acceptors (Lipinski definition) is 3. The van der Waals surface area contributed by atoms with Gasteiger partial charge in [0.05, 0.1) is 6.54 Å². The van der Waals surface area contributed by atoms with Crippen molar-refractivity contribution in [3.63, 3.8) is 0 Å². The molecule has 6 nitrogen and oxygen atoms in total. The van der Waals surface area contributed by atoms with Crippen molar-refractivity contribution in [1.82, 2.24) is 19.7 Å². The summed E-state index contributed by atoms with van der Waals surface area (Å²) in [5, 5.41) is 7.84. The Kier molecular flexibility index (Phi) is 4.81. The van der Waals surface area contributed by atoms with Gasteiger partial charge in [0.15, 0.2) is 5.82 Å². The van der Waals surface area contributed by atoms with Crippen LogP contribution in [-0.4, -0.2) is 26.8 Å². The summed E-state index contributed by atoms with van der Waals surface area (Å²) >= 11 is 5.92. The maximum atomic E-state index is 12.8. The van der Waals surface area contributed by atoms with Crippen molar-refractivity contribution in [2.75, 3.05) is 6.54 Å². The molecule has 1 aromatic heterocycles. The standard InChI is InChI=1S/C20H19ClN4O2/c21-16-8-4-7-15(13-16)19(26)22-11-12-24-20(27)25(17-9-10-17)18(23-24)14-5-2-1-3-6-14/h1-8,13,17H,9-12H2,(H,22,26). The van der Waals surface area contributed by atoms with Gasteiger partial charge in [-0.05, 0) is 31.0 Å². The van der Waals surface area contributed by atoms with Crippen LogP contribution in [-0.2, 0) is 6.54 Å². The summed E-state index contributed by atoms with van der Waals surface area (Å²) in [5.74, 6) is 0.458. The first-order valence-corrected chi connectivity index (χ1v) is 9.30. The van der Waals surface area contributed by atoms with Crippen molar-refractivity contribution in [1.29, 1.82) is 0 Å². The Balaban J connectivity index is 1.50. The maximum absolute atomic E-state index is 12.8. The third-order valence-corrected chi connectivity index (χ3v) is 4.75. The number of carbonyl (C=O) groups excluding carboxylic acids is 1. The molecule has 0 atom stereocenters. The summed E-state index contributed by atoms with van der Waals surface area (Å²) in [6.45, 7) is 0.617. The van der Waals surface area contributed by atoms with Crippen LogP contribution in [0.25, 0.3) is 11.4 Å². The molecule has 4 rings (SSSR count). The minimum absolute atomic E-state index is 0.131. The summed E-state index contributed by atoms with van der Waals surface area (Å²) in [5.41, 5.74) is 1.28. The number of benzene rings is 2. The molecule has 7 heteroatoms. The lowest BCUT2D eigenvalue weighted by Crippen LogP contribution is -2.32. The fraction of sp³-hybridized carbons (Fsp3) is 0.250. The van der Waals surface area contributed by atoms with Crippen LogP contribution in [0.1, 0.15) is 29.2 Å². The Morgan fingerprint density at radius 1 is 1.15 bits per heavy atom. The Hall–Kier alpha value is -2.86. The minimum Gasteiger partial charge on any atom is -0.350 e. The second kappa shape index (κ2) is 7.40. The van der Waals surface area contributed by atoms with Crippen LogP contribution in [0.4, 0.5) is 0 Å². The molecule has 1 heterocycles. The number of carbonyl (C=O) groups is 1. The van der Waals surface area contributed by atoms with Gasteiger partial charge in [-0.15, -0.1) is 5.10 Å². The van der Waals surface area contributed by atoms with E-state index in [-0.39, 0.29) is 17.6 Å². The number of nitrogens with zero attached hydrogens (tertiary/aromatic N) is 3. The third-order valence-electron chi connectivity index (χ3n) is 4.51. The normalized spacial score (nSPS) is 13.5. The number of aromatic nitrogens is 3. The van der Waals surface area contributed by atoms with Crippen molar-refractivity contribution >= 4 is 17.5 Å². The number of halogens is 1. The van der Waals surface area contributed by atoms with Crippen LogP contribution >= 0.6 is 11.6 Å². The van der Waals surface area contributed by atoms with E-state index in [4.69, 9.17) is 11.6 Å². The summed E-state index contributed by atoms with van der Waals surface area (Å²) in [4.78, 5) is 25.0. The molecule has 0 bridgehead atoms. The molecule has 1 amide bonds. The number of rotatable bonds is 6. The molecule has 3 aromatic rings. The Labute approximate surface area is 161 Å². The van der Waals surface area contributed by atoms with Crippen molar-refractivity contribution in [3.05, 3.63) is 75.7 Å². The van der Waals surface area contributed by atoms with Crippen LogP contribution < -0.4 is 11.0 Å². The van der Waals surface area contributed by atoms with E-state index in [0.717, 1.165) is 18.4 Å². The first-order valence-electron chi connectivity index (χ1n) is 8.92. The molecule has 1 fully saturated rings. The molecule has 1 saturated carbocycles. The zero-order valence-corrected chi connectivity index (χ0v) is 15.4. The lowest BCUT2D eigenvalue weighted by Gasteiger charge is -2.05. The average Bonchev–Trinajstić information content (AvgIpc) is 3.46. The second-order valence-electron chi connectivity index (χ2n) is 6.56. The Morgan fingerprint density at radius 2 is 1.93 bits per heavy atom. The van der Waals surface area contributed by atoms with Crippen LogP contribution in [0.15, 0.2) is 59.4 Å². The molecule has 0 saturated heterocycles. The van der Waals surface area contributed by atoms with Crippen LogP contribution in [0, 0.1) is 0 Å². The Bertz CT molecular complexity index is 1020. The molecule has 0 radical (unpaired) electrons. The van der Waals surface area contributed by atoms with E-state index >= 15 is 0 Å². The van der Waals surface area contributed by atoms with Gasteiger partial charge in [-0.25, -0.2) is 9.48 Å². The molecule has 0 unspecified atom stereocenters. The summed E-state index contributed by atoms with van der Waals surface area (Å²) in [7, 11) is 0. The maximum Gasteiger partial charge on any atom is 0.346 e. The van der Waals surface area contributed by atoms with Gasteiger partial charge in [-0.1, -0.05) is 48.0 Å². The molecule has 138 valence electrons. The van der Waals surface area contributed by atoms with Crippen molar-refractivity contribution in [3.8, 4) is 11.4 Å². The van der Waals surface area contributed by atoms with E-state index in [1.807, 2.05) is 30.3 Å². The molecule has 1 aliphatic carbocycles. The molecule has 1 N–H and O–H groups in total. The molecular formula is C20H19ClN4O2. The van der Waals surface area contributed by atoms with E-state index in [1.54, 1.807) is 28.8 Å². The van der Waals surface area contributed by atoms with E-state index in [1.165, 1.54) is 4.68 Å². The number of nitrogens with one attached hydrogen (secondary N) is 1. The van der Waals surface area contributed by atoms with E-state index in [9.17, 15) is 9.59 Å². The predicted octanol–water partition coefficient (Wildman–Crippen LogP) is 3.13. The topological polar surface area (TPSA) is 68.9 Å². The molecule has 27 heavy (non-hydrogen) atoms. The van der Waals surface area contributed by atoms with E-state index in [0.29, 0.717) is 29.5 Å². The van der Waals surface area contributed by atoms with Gasteiger partial charge in [0.1, 0.15) is 0 Å². The Morgan fingerprint density at radius 3 is 2.63 bits per heavy atom. The van der Waals surface area contributed by atoms with Crippen LogP contribution in [0.2, 0.25) is 5.02 Å². The lowest BCUT2D eigenvalue weighted by atomic mass is 10.2. The monoisotopic (exact) mass is 382 g/mol. The van der Waals surface area contributed by atoms with E-state index < -0.39 is 0 Å². The van der Waals surface area contributed by atoms with Gasteiger partial charge < -0.3 is 5.32 Å². The zero-order valence-electron chi connectivity index (χ0n) is 14.6. The number of hydrogen-bond donors (Lipinski definition) is 1. The highest BCUT2D eigenvalue weighted by Crippen LogP contribution is 2.36. The SMILES string of the molecule is O=C(NCCn1nc(-c2ccccc2)n(C2CC2)c1=O)c1cccc(Cl)c1.